The van der Waals surface area contributed by atoms with Gasteiger partial charge in [-0.15, -0.1) is 0 Å². The van der Waals surface area contributed by atoms with Gasteiger partial charge in [0.1, 0.15) is 11.6 Å². The van der Waals surface area contributed by atoms with Gasteiger partial charge < -0.3 is 14.0 Å². The van der Waals surface area contributed by atoms with E-state index in [1.165, 1.54) is 23.5 Å². The highest BCUT2D eigenvalue weighted by atomic mass is 32.1. The first-order valence-electron chi connectivity index (χ1n) is 8.81. The van der Waals surface area contributed by atoms with E-state index in [1.807, 2.05) is 18.4 Å². The van der Waals surface area contributed by atoms with E-state index >= 15 is 0 Å². The highest BCUT2D eigenvalue weighted by molar-refractivity contribution is 7.16. The van der Waals surface area contributed by atoms with E-state index in [0.717, 1.165) is 10.2 Å². The molecule has 142 valence electrons. The third-order valence-corrected chi connectivity index (χ3v) is 4.96. The Bertz CT molecular complexity index is 993. The first-order chi connectivity index (χ1) is 13.1. The quantitative estimate of drug-likeness (QED) is 0.575. The summed E-state index contributed by atoms with van der Waals surface area (Å²) in [6.07, 6.45) is 0. The molecule has 0 fully saturated rings. The van der Waals surface area contributed by atoms with Crippen molar-refractivity contribution < 1.29 is 18.7 Å². The number of amides is 1. The Labute approximate surface area is 160 Å². The second-order valence-electron chi connectivity index (χ2n) is 5.72. The van der Waals surface area contributed by atoms with Crippen LogP contribution in [0.2, 0.25) is 0 Å². The summed E-state index contributed by atoms with van der Waals surface area (Å²) < 4.78 is 27.0. The molecule has 0 unspecified atom stereocenters. The minimum Gasteiger partial charge on any atom is -0.494 e. The predicted octanol–water partition coefficient (Wildman–Crippen LogP) is 4.02. The fraction of sp³-hybridized carbons (Fsp3) is 0.300. The molecule has 0 radical (unpaired) electrons. The number of ether oxygens (including phenoxy) is 2. The van der Waals surface area contributed by atoms with Crippen molar-refractivity contribution in [1.29, 1.82) is 0 Å². The molecule has 1 heterocycles. The van der Waals surface area contributed by atoms with E-state index in [4.69, 9.17) is 9.47 Å². The van der Waals surface area contributed by atoms with Crippen molar-refractivity contribution >= 4 is 27.5 Å². The first-order valence-corrected chi connectivity index (χ1v) is 9.62. The summed E-state index contributed by atoms with van der Waals surface area (Å²) in [6.45, 7) is 6.02. The number of fused-ring (bicyclic) bond motifs is 1. The van der Waals surface area contributed by atoms with Crippen LogP contribution in [0.5, 0.6) is 5.75 Å². The van der Waals surface area contributed by atoms with Crippen molar-refractivity contribution in [3.63, 3.8) is 0 Å². The van der Waals surface area contributed by atoms with Crippen molar-refractivity contribution in [3.05, 3.63) is 58.6 Å². The van der Waals surface area contributed by atoms with Crippen LogP contribution < -0.4 is 9.54 Å². The Morgan fingerprint density at radius 2 is 1.93 bits per heavy atom. The van der Waals surface area contributed by atoms with Crippen LogP contribution in [0, 0.1) is 5.82 Å². The average molecular weight is 388 g/mol. The van der Waals surface area contributed by atoms with Gasteiger partial charge in [-0.05, 0) is 56.3 Å². The number of carbonyl (C=O) groups excluding carboxylic acids is 1. The molecular weight excluding hydrogens is 367 g/mol. The summed E-state index contributed by atoms with van der Waals surface area (Å²) in [5.74, 6) is 0.0403. The van der Waals surface area contributed by atoms with E-state index < -0.39 is 0 Å². The zero-order chi connectivity index (χ0) is 19.2. The molecule has 2 aromatic carbocycles. The number of benzene rings is 2. The van der Waals surface area contributed by atoms with Crippen LogP contribution in [0.3, 0.4) is 0 Å². The third kappa shape index (κ3) is 4.61. The second-order valence-corrected chi connectivity index (χ2v) is 6.73. The molecule has 27 heavy (non-hydrogen) atoms. The molecule has 0 bridgehead atoms. The van der Waals surface area contributed by atoms with Crippen molar-refractivity contribution in [2.45, 2.75) is 20.4 Å². The highest BCUT2D eigenvalue weighted by Crippen LogP contribution is 2.19. The maximum absolute atomic E-state index is 13.6. The molecule has 7 heteroatoms. The normalized spacial score (nSPS) is 11.9. The van der Waals surface area contributed by atoms with Gasteiger partial charge in [-0.25, -0.2) is 4.39 Å². The van der Waals surface area contributed by atoms with E-state index in [0.29, 0.717) is 42.5 Å². The fourth-order valence-electron chi connectivity index (χ4n) is 2.66. The fourth-order valence-corrected chi connectivity index (χ4v) is 3.74. The number of carbonyl (C=O) groups is 1. The van der Waals surface area contributed by atoms with Crippen LogP contribution in [-0.4, -0.2) is 30.3 Å². The van der Waals surface area contributed by atoms with Crippen LogP contribution in [0.4, 0.5) is 4.39 Å². The number of hydrogen-bond donors (Lipinski definition) is 0. The summed E-state index contributed by atoms with van der Waals surface area (Å²) in [7, 11) is 0. The lowest BCUT2D eigenvalue weighted by molar-refractivity contribution is 0.0996. The topological polar surface area (TPSA) is 52.8 Å². The standard InChI is InChI=1S/C20H21FN2O3S/c1-3-25-12-11-23-17-10-7-15(21)13-18(17)27-20(23)22-19(24)14-5-8-16(9-6-14)26-4-2/h5-10,13H,3-4,11-12H2,1-2H3. The SMILES string of the molecule is CCOCCn1c(=NC(=O)c2ccc(OCC)cc2)sc2cc(F)ccc21. The molecule has 0 spiro atoms. The number of hydrogen-bond acceptors (Lipinski definition) is 4. The molecule has 3 rings (SSSR count). The van der Waals surface area contributed by atoms with Gasteiger partial charge in [-0.2, -0.15) is 4.99 Å². The van der Waals surface area contributed by atoms with E-state index in [-0.39, 0.29) is 11.7 Å². The molecule has 1 aromatic heterocycles. The van der Waals surface area contributed by atoms with Crippen LogP contribution in [0.25, 0.3) is 10.2 Å². The van der Waals surface area contributed by atoms with Crippen molar-refractivity contribution in [2.75, 3.05) is 19.8 Å². The number of aromatic nitrogens is 1. The van der Waals surface area contributed by atoms with Gasteiger partial charge in [-0.3, -0.25) is 4.79 Å². The lowest BCUT2D eigenvalue weighted by Crippen LogP contribution is -2.19. The van der Waals surface area contributed by atoms with Crippen molar-refractivity contribution in [1.82, 2.24) is 4.57 Å². The molecule has 0 atom stereocenters. The van der Waals surface area contributed by atoms with E-state index in [1.54, 1.807) is 30.3 Å². The lowest BCUT2D eigenvalue weighted by atomic mass is 10.2. The Kier molecular flexibility index (Phi) is 6.36. The smallest absolute Gasteiger partial charge is 0.279 e. The van der Waals surface area contributed by atoms with Crippen molar-refractivity contribution in [3.8, 4) is 5.75 Å². The molecule has 0 N–H and O–H groups in total. The Hall–Kier alpha value is -2.51. The maximum atomic E-state index is 13.6. The Morgan fingerprint density at radius 3 is 2.63 bits per heavy atom. The van der Waals surface area contributed by atoms with Gasteiger partial charge in [0.15, 0.2) is 4.80 Å². The van der Waals surface area contributed by atoms with Gasteiger partial charge in [-0.1, -0.05) is 11.3 Å². The van der Waals surface area contributed by atoms with E-state index in [9.17, 15) is 9.18 Å². The molecule has 5 nitrogen and oxygen atoms in total. The zero-order valence-corrected chi connectivity index (χ0v) is 16.1. The summed E-state index contributed by atoms with van der Waals surface area (Å²) in [6, 6.07) is 11.4. The molecule has 3 aromatic rings. The van der Waals surface area contributed by atoms with E-state index in [2.05, 4.69) is 4.99 Å². The van der Waals surface area contributed by atoms with Gasteiger partial charge in [0.25, 0.3) is 5.91 Å². The maximum Gasteiger partial charge on any atom is 0.279 e. The van der Waals surface area contributed by atoms with Crippen LogP contribution in [-0.2, 0) is 11.3 Å². The van der Waals surface area contributed by atoms with Gasteiger partial charge >= 0.3 is 0 Å². The van der Waals surface area contributed by atoms with Crippen LogP contribution in [0.15, 0.2) is 47.5 Å². The Morgan fingerprint density at radius 1 is 1.15 bits per heavy atom. The highest BCUT2D eigenvalue weighted by Gasteiger charge is 2.10. The monoisotopic (exact) mass is 388 g/mol. The zero-order valence-electron chi connectivity index (χ0n) is 15.3. The second kappa shape index (κ2) is 8.92. The first kappa shape index (κ1) is 19.3. The van der Waals surface area contributed by atoms with Crippen LogP contribution in [0.1, 0.15) is 24.2 Å². The van der Waals surface area contributed by atoms with Gasteiger partial charge in [0.05, 0.1) is 23.4 Å². The Balaban J connectivity index is 1.97. The van der Waals surface area contributed by atoms with Gasteiger partial charge in [0.2, 0.25) is 0 Å². The largest absolute Gasteiger partial charge is 0.494 e. The molecular formula is C20H21FN2O3S. The third-order valence-electron chi connectivity index (χ3n) is 3.92. The predicted molar refractivity (Wildman–Crippen MR) is 104 cm³/mol. The summed E-state index contributed by atoms with van der Waals surface area (Å²) in [5.41, 5.74) is 1.30. The van der Waals surface area contributed by atoms with Gasteiger partial charge in [0, 0.05) is 18.7 Å². The molecule has 1 amide bonds. The minimum atomic E-state index is -0.352. The lowest BCUT2D eigenvalue weighted by Gasteiger charge is -2.05. The minimum absolute atomic E-state index is 0.315. The number of rotatable bonds is 7. The van der Waals surface area contributed by atoms with Crippen LogP contribution >= 0.6 is 11.3 Å². The molecule has 0 aliphatic heterocycles. The number of thiazole rings is 1. The molecule has 0 saturated heterocycles. The average Bonchev–Trinajstić information content (AvgIpc) is 2.99. The summed E-state index contributed by atoms with van der Waals surface area (Å²) >= 11 is 1.29. The van der Waals surface area contributed by atoms with Crippen molar-refractivity contribution in [2.24, 2.45) is 4.99 Å². The number of nitrogens with zero attached hydrogens (tertiary/aromatic N) is 2. The molecule has 0 aliphatic rings. The molecule has 0 saturated carbocycles. The molecule has 0 aliphatic carbocycles. The summed E-state index contributed by atoms with van der Waals surface area (Å²) in [4.78, 5) is 17.4. The summed E-state index contributed by atoms with van der Waals surface area (Å²) in [5, 5.41) is 0. The number of halogens is 1.